The van der Waals surface area contributed by atoms with Crippen LogP contribution < -0.4 is 0 Å². The van der Waals surface area contributed by atoms with Gasteiger partial charge in [0.2, 0.25) is 5.89 Å². The number of thioether (sulfide) groups is 1. The van der Waals surface area contributed by atoms with Crippen LogP contribution in [0.15, 0.2) is 49.3 Å². The first kappa shape index (κ1) is 18.6. The van der Waals surface area contributed by atoms with E-state index in [1.807, 2.05) is 6.92 Å². The Morgan fingerprint density at radius 1 is 1.23 bits per heavy atom. The summed E-state index contributed by atoms with van der Waals surface area (Å²) in [5.74, 6) is 0.124. The van der Waals surface area contributed by atoms with Crippen LogP contribution in [-0.2, 0) is 11.2 Å². The summed E-state index contributed by atoms with van der Waals surface area (Å²) >= 11 is 13.0. The highest BCUT2D eigenvalue weighted by Crippen LogP contribution is 2.35. The first-order valence-corrected chi connectivity index (χ1v) is 9.04. The Balaban J connectivity index is 1.88. The molecule has 3 aromatic rings. The van der Waals surface area contributed by atoms with E-state index >= 15 is 0 Å². The maximum Gasteiger partial charge on any atom is 0.342 e. The van der Waals surface area contributed by atoms with Crippen molar-refractivity contribution in [1.29, 1.82) is 0 Å². The van der Waals surface area contributed by atoms with Crippen molar-refractivity contribution in [2.75, 3.05) is 0 Å². The van der Waals surface area contributed by atoms with Crippen LogP contribution in [-0.4, -0.2) is 21.3 Å². The van der Waals surface area contributed by atoms with E-state index in [0.717, 1.165) is 11.8 Å². The van der Waals surface area contributed by atoms with Crippen LogP contribution in [0.3, 0.4) is 0 Å². The lowest BCUT2D eigenvalue weighted by Crippen LogP contribution is -1.96. The van der Waals surface area contributed by atoms with Crippen molar-refractivity contribution in [2.45, 2.75) is 18.6 Å². The van der Waals surface area contributed by atoms with Crippen molar-refractivity contribution in [3.05, 3.63) is 56.9 Å². The maximum atomic E-state index is 11.5. The number of aryl methyl sites for hydroxylation is 1. The Bertz CT molecular complexity index is 981. The fourth-order valence-electron chi connectivity index (χ4n) is 2.05. The average molecular weight is 411 g/mol. The molecule has 26 heavy (non-hydrogen) atoms. The van der Waals surface area contributed by atoms with E-state index in [0.29, 0.717) is 39.4 Å². The second kappa shape index (κ2) is 7.99. The molecule has 1 N–H and O–H groups in total. The molecular formula is C17H12Cl2N2O4S. The monoisotopic (exact) mass is 410 g/mol. The van der Waals surface area contributed by atoms with Crippen LogP contribution in [0.4, 0.5) is 0 Å². The molecule has 3 rings (SSSR count). The molecule has 9 heteroatoms. The molecule has 0 fully saturated rings. The zero-order valence-electron chi connectivity index (χ0n) is 13.4. The van der Waals surface area contributed by atoms with Crippen LogP contribution in [0.25, 0.3) is 17.4 Å². The summed E-state index contributed by atoms with van der Waals surface area (Å²) in [5.41, 5.74) is 0.618. The summed E-state index contributed by atoms with van der Waals surface area (Å²) in [4.78, 5) is 11.5. The highest BCUT2D eigenvalue weighted by molar-refractivity contribution is 8.03. The van der Waals surface area contributed by atoms with Gasteiger partial charge in [0.1, 0.15) is 16.4 Å². The lowest BCUT2D eigenvalue weighted by atomic mass is 10.2. The number of hydrogen-bond donors (Lipinski definition) is 1. The largest absolute Gasteiger partial charge is 0.477 e. The molecule has 0 aliphatic rings. The molecule has 2 aromatic heterocycles. The summed E-state index contributed by atoms with van der Waals surface area (Å²) in [6.45, 7) is 1.86. The molecule has 0 amide bonds. The van der Waals surface area contributed by atoms with Crippen LogP contribution >= 0.6 is 35.0 Å². The van der Waals surface area contributed by atoms with Gasteiger partial charge in [-0.05, 0) is 36.0 Å². The molecule has 0 saturated heterocycles. The van der Waals surface area contributed by atoms with E-state index in [2.05, 4.69) is 10.2 Å². The molecule has 2 heterocycles. The second-order valence-corrected chi connectivity index (χ2v) is 6.81. The predicted molar refractivity (Wildman–Crippen MR) is 99.3 cm³/mol. The molecule has 0 unspecified atom stereocenters. The van der Waals surface area contributed by atoms with E-state index in [4.69, 9.17) is 32.0 Å². The van der Waals surface area contributed by atoms with Gasteiger partial charge in [-0.15, -0.1) is 10.2 Å². The van der Waals surface area contributed by atoms with Gasteiger partial charge in [0, 0.05) is 18.1 Å². The normalized spacial score (nSPS) is 11.7. The Kier molecular flexibility index (Phi) is 5.70. The van der Waals surface area contributed by atoms with Gasteiger partial charge in [0.05, 0.1) is 10.0 Å². The molecule has 0 saturated carbocycles. The Hall–Kier alpha value is -2.22. The number of carboxylic acid groups (broad SMARTS) is 1. The van der Waals surface area contributed by atoms with Gasteiger partial charge < -0.3 is 13.9 Å². The smallest absolute Gasteiger partial charge is 0.342 e. The number of aliphatic carboxylic acids is 1. The van der Waals surface area contributed by atoms with E-state index < -0.39 is 5.97 Å². The minimum Gasteiger partial charge on any atom is -0.477 e. The minimum absolute atomic E-state index is 0.0191. The number of carbonyl (C=O) groups is 1. The van der Waals surface area contributed by atoms with Crippen molar-refractivity contribution in [3.63, 3.8) is 0 Å². The number of halogens is 2. The number of hydrogen-bond acceptors (Lipinski definition) is 6. The van der Waals surface area contributed by atoms with E-state index in [1.165, 1.54) is 6.08 Å². The number of benzene rings is 1. The molecule has 134 valence electrons. The van der Waals surface area contributed by atoms with Crippen LogP contribution in [0.2, 0.25) is 10.0 Å². The number of nitrogens with zero attached hydrogens (tertiary/aromatic N) is 2. The summed E-state index contributed by atoms with van der Waals surface area (Å²) in [7, 11) is 0. The molecular weight excluding hydrogens is 399 g/mol. The lowest BCUT2D eigenvalue weighted by molar-refractivity contribution is -0.131. The van der Waals surface area contributed by atoms with Crippen molar-refractivity contribution in [1.82, 2.24) is 10.2 Å². The highest BCUT2D eigenvalue weighted by Gasteiger charge is 2.16. The van der Waals surface area contributed by atoms with Gasteiger partial charge in [0.25, 0.3) is 5.22 Å². The first-order chi connectivity index (χ1) is 12.5. The fourth-order valence-corrected chi connectivity index (χ4v) is 3.11. The van der Waals surface area contributed by atoms with Crippen molar-refractivity contribution < 1.29 is 18.7 Å². The summed E-state index contributed by atoms with van der Waals surface area (Å²) in [6.07, 6.45) is 1.95. The third kappa shape index (κ3) is 4.12. The summed E-state index contributed by atoms with van der Waals surface area (Å²) < 4.78 is 11.0. The van der Waals surface area contributed by atoms with Gasteiger partial charge >= 0.3 is 5.97 Å². The topological polar surface area (TPSA) is 89.4 Å². The van der Waals surface area contributed by atoms with E-state index in [-0.39, 0.29) is 10.1 Å². The third-order valence-electron chi connectivity index (χ3n) is 3.28. The SMILES string of the molecule is CCc1nnc(S/C(=C\c2ccc(-c3cccc(Cl)c3Cl)o2)C(=O)O)o1. The van der Waals surface area contributed by atoms with E-state index in [1.54, 1.807) is 30.3 Å². The van der Waals surface area contributed by atoms with Gasteiger partial charge in [-0.1, -0.05) is 36.2 Å². The summed E-state index contributed by atoms with van der Waals surface area (Å²) in [5, 5.41) is 17.9. The van der Waals surface area contributed by atoms with Crippen LogP contribution in [0.5, 0.6) is 0 Å². The maximum absolute atomic E-state index is 11.5. The van der Waals surface area contributed by atoms with Crippen molar-refractivity contribution in [3.8, 4) is 11.3 Å². The Labute approximate surface area is 162 Å². The number of aromatic nitrogens is 2. The molecule has 0 spiro atoms. The van der Waals surface area contributed by atoms with Gasteiger partial charge in [0.15, 0.2) is 0 Å². The van der Waals surface area contributed by atoms with Crippen molar-refractivity contribution >= 4 is 47.0 Å². The lowest BCUT2D eigenvalue weighted by Gasteiger charge is -2.02. The zero-order chi connectivity index (χ0) is 18.7. The Morgan fingerprint density at radius 2 is 2.04 bits per heavy atom. The van der Waals surface area contributed by atoms with E-state index in [9.17, 15) is 9.90 Å². The molecule has 6 nitrogen and oxygen atoms in total. The third-order valence-corrected chi connectivity index (χ3v) is 4.95. The quantitative estimate of drug-likeness (QED) is 0.428. The number of rotatable bonds is 6. The average Bonchev–Trinajstić information content (AvgIpc) is 3.26. The van der Waals surface area contributed by atoms with Gasteiger partial charge in [-0.2, -0.15) is 0 Å². The predicted octanol–water partition coefficient (Wildman–Crippen LogP) is 5.42. The highest BCUT2D eigenvalue weighted by atomic mass is 35.5. The van der Waals surface area contributed by atoms with Gasteiger partial charge in [-0.25, -0.2) is 4.79 Å². The molecule has 1 aromatic carbocycles. The fraction of sp³-hybridized carbons (Fsp3) is 0.118. The molecule has 0 radical (unpaired) electrons. The van der Waals surface area contributed by atoms with Crippen LogP contribution in [0, 0.1) is 0 Å². The van der Waals surface area contributed by atoms with Gasteiger partial charge in [-0.3, -0.25) is 0 Å². The number of furan rings is 1. The van der Waals surface area contributed by atoms with Crippen molar-refractivity contribution in [2.24, 2.45) is 0 Å². The molecule has 0 aliphatic heterocycles. The Morgan fingerprint density at radius 3 is 2.73 bits per heavy atom. The summed E-state index contributed by atoms with van der Waals surface area (Å²) in [6, 6.07) is 8.52. The molecule has 0 bridgehead atoms. The molecule has 0 aliphatic carbocycles. The second-order valence-electron chi connectivity index (χ2n) is 5.03. The first-order valence-electron chi connectivity index (χ1n) is 7.47. The minimum atomic E-state index is -1.13. The number of carboxylic acids is 1. The molecule has 0 atom stereocenters. The zero-order valence-corrected chi connectivity index (χ0v) is 15.7. The van der Waals surface area contributed by atoms with Crippen LogP contribution in [0.1, 0.15) is 18.6 Å². The standard InChI is InChI=1S/C17H12Cl2N2O4S/c1-2-14-20-21-17(25-14)26-13(16(22)23)8-9-6-7-12(24-9)10-4-3-5-11(18)15(10)19/h3-8H,2H2,1H3,(H,22,23)/b13-8-.